The van der Waals surface area contributed by atoms with Crippen LogP contribution in [0.1, 0.15) is 23.8 Å². The average molecular weight is 420 g/mol. The van der Waals surface area contributed by atoms with Crippen molar-refractivity contribution in [1.82, 2.24) is 20.2 Å². The monoisotopic (exact) mass is 419 g/mol. The van der Waals surface area contributed by atoms with E-state index < -0.39 is 20.9 Å². The normalized spacial score (nSPS) is 11.3. The second-order valence-electron chi connectivity index (χ2n) is 4.59. The van der Waals surface area contributed by atoms with E-state index in [9.17, 15) is 13.2 Å². The zero-order valence-corrected chi connectivity index (χ0v) is 16.3. The first-order chi connectivity index (χ1) is 11.9. The lowest BCUT2D eigenvalue weighted by Crippen LogP contribution is -2.18. The van der Waals surface area contributed by atoms with Crippen LogP contribution in [-0.2, 0) is 9.84 Å². The summed E-state index contributed by atoms with van der Waals surface area (Å²) in [7, 11) is -3.66. The molecular weight excluding hydrogens is 406 g/mol. The summed E-state index contributed by atoms with van der Waals surface area (Å²) in [5, 5.41) is 10.0. The van der Waals surface area contributed by atoms with Crippen molar-refractivity contribution in [3.63, 3.8) is 0 Å². The fourth-order valence-corrected chi connectivity index (χ4v) is 4.47. The Morgan fingerprint density at radius 3 is 2.92 bits per heavy atom. The number of thioether (sulfide) groups is 1. The fourth-order valence-electron chi connectivity index (χ4n) is 1.63. The van der Waals surface area contributed by atoms with Gasteiger partial charge in [0.2, 0.25) is 20.1 Å². The molecule has 2 aromatic heterocycles. The molecule has 0 radical (unpaired) electrons. The Morgan fingerprint density at radius 1 is 1.48 bits per heavy atom. The number of hydrogen-bond donors (Lipinski definition) is 1. The van der Waals surface area contributed by atoms with Crippen LogP contribution in [0.5, 0.6) is 0 Å². The van der Waals surface area contributed by atoms with E-state index in [1.165, 1.54) is 23.1 Å². The molecule has 25 heavy (non-hydrogen) atoms. The van der Waals surface area contributed by atoms with E-state index in [4.69, 9.17) is 11.6 Å². The van der Waals surface area contributed by atoms with Gasteiger partial charge in [0.05, 0.1) is 17.0 Å². The summed E-state index contributed by atoms with van der Waals surface area (Å²) in [6.07, 6.45) is 3.23. The van der Waals surface area contributed by atoms with Crippen molar-refractivity contribution < 1.29 is 13.2 Å². The standard InChI is InChI=1S/C13H14ClN5O3S3/c1-3-5-23-13-19-18-11(24-13)17-10(20)9-8(14)7-15-12(16-9)25(21,22)6-4-2/h3,7H,1,4-6H2,2H3,(H,17,18,20). The molecule has 0 atom stereocenters. The van der Waals surface area contributed by atoms with E-state index in [0.717, 1.165) is 6.20 Å². The number of anilines is 1. The van der Waals surface area contributed by atoms with E-state index in [1.54, 1.807) is 13.0 Å². The zero-order valence-electron chi connectivity index (χ0n) is 13.1. The van der Waals surface area contributed by atoms with Crippen molar-refractivity contribution >= 4 is 55.6 Å². The molecule has 1 N–H and O–H groups in total. The molecule has 0 saturated heterocycles. The van der Waals surface area contributed by atoms with Crippen LogP contribution in [0.2, 0.25) is 5.02 Å². The van der Waals surface area contributed by atoms with Gasteiger partial charge in [-0.05, 0) is 6.42 Å². The fraction of sp³-hybridized carbons (Fsp3) is 0.308. The van der Waals surface area contributed by atoms with Crippen molar-refractivity contribution in [3.8, 4) is 0 Å². The summed E-state index contributed by atoms with van der Waals surface area (Å²) in [5.41, 5.74) is -0.234. The van der Waals surface area contributed by atoms with E-state index >= 15 is 0 Å². The van der Waals surface area contributed by atoms with Gasteiger partial charge in [0, 0.05) is 5.75 Å². The zero-order chi connectivity index (χ0) is 18.4. The smallest absolute Gasteiger partial charge is 0.277 e. The summed E-state index contributed by atoms with van der Waals surface area (Å²) in [6.45, 7) is 5.33. The van der Waals surface area contributed by atoms with Crippen LogP contribution in [0.25, 0.3) is 0 Å². The molecule has 0 aliphatic heterocycles. The third-order valence-electron chi connectivity index (χ3n) is 2.64. The maximum Gasteiger partial charge on any atom is 0.277 e. The Hall–Kier alpha value is -1.56. The molecule has 0 fully saturated rings. The molecular formula is C13H14ClN5O3S3. The van der Waals surface area contributed by atoms with Crippen molar-refractivity contribution in [3.05, 3.63) is 29.6 Å². The quantitative estimate of drug-likeness (QED) is 0.300. The average Bonchev–Trinajstić information content (AvgIpc) is 3.00. The number of nitrogens with zero attached hydrogens (tertiary/aromatic N) is 4. The van der Waals surface area contributed by atoms with Crippen LogP contribution in [0.4, 0.5) is 5.13 Å². The highest BCUT2D eigenvalue weighted by molar-refractivity contribution is 8.01. The Labute approximate surface area is 158 Å². The summed E-state index contributed by atoms with van der Waals surface area (Å²) >= 11 is 8.53. The Morgan fingerprint density at radius 2 is 2.24 bits per heavy atom. The topological polar surface area (TPSA) is 115 Å². The second-order valence-corrected chi connectivity index (χ2v) is 9.25. The van der Waals surface area contributed by atoms with E-state index in [-0.39, 0.29) is 21.6 Å². The summed E-state index contributed by atoms with van der Waals surface area (Å²) in [5.74, 6) is -0.133. The summed E-state index contributed by atoms with van der Waals surface area (Å²) in [6, 6.07) is 0. The highest BCUT2D eigenvalue weighted by Gasteiger charge is 2.22. The van der Waals surface area contributed by atoms with E-state index in [1.807, 2.05) is 0 Å². The minimum atomic E-state index is -3.66. The second kappa shape index (κ2) is 8.70. The Balaban J connectivity index is 2.21. The Kier molecular flexibility index (Phi) is 6.87. The predicted octanol–water partition coefficient (Wildman–Crippen LogP) is 2.70. The molecule has 2 aromatic rings. The van der Waals surface area contributed by atoms with Gasteiger partial charge < -0.3 is 0 Å². The van der Waals surface area contributed by atoms with Gasteiger partial charge in [-0.25, -0.2) is 18.4 Å². The van der Waals surface area contributed by atoms with Gasteiger partial charge in [-0.1, -0.05) is 47.7 Å². The van der Waals surface area contributed by atoms with Crippen LogP contribution in [0.3, 0.4) is 0 Å². The number of amides is 1. The SMILES string of the molecule is C=CCSc1nnc(NC(=O)c2nc(S(=O)(=O)CCC)ncc2Cl)s1. The molecule has 0 bridgehead atoms. The number of halogens is 1. The molecule has 12 heteroatoms. The molecule has 0 saturated carbocycles. The van der Waals surface area contributed by atoms with Crippen molar-refractivity contribution in [2.24, 2.45) is 0 Å². The first-order valence-electron chi connectivity index (χ1n) is 7.01. The third kappa shape index (κ3) is 5.21. The number of aromatic nitrogens is 4. The largest absolute Gasteiger partial charge is 0.295 e. The van der Waals surface area contributed by atoms with Crippen LogP contribution in [0.15, 0.2) is 28.3 Å². The number of hydrogen-bond acceptors (Lipinski definition) is 9. The molecule has 2 rings (SSSR count). The van der Waals surface area contributed by atoms with Crippen LogP contribution in [-0.4, -0.2) is 46.0 Å². The van der Waals surface area contributed by atoms with Crippen molar-refractivity contribution in [1.29, 1.82) is 0 Å². The lowest BCUT2D eigenvalue weighted by molar-refractivity contribution is 0.102. The minimum Gasteiger partial charge on any atom is -0.295 e. The molecule has 8 nitrogen and oxygen atoms in total. The predicted molar refractivity (Wildman–Crippen MR) is 98.2 cm³/mol. The van der Waals surface area contributed by atoms with Crippen LogP contribution < -0.4 is 5.32 Å². The van der Waals surface area contributed by atoms with E-state index in [2.05, 4.69) is 32.1 Å². The molecule has 0 aliphatic rings. The van der Waals surface area contributed by atoms with Gasteiger partial charge in [-0.2, -0.15) is 0 Å². The van der Waals surface area contributed by atoms with Crippen LogP contribution in [0, 0.1) is 0 Å². The number of nitrogens with one attached hydrogen (secondary N) is 1. The molecule has 0 aromatic carbocycles. The van der Waals surface area contributed by atoms with E-state index in [0.29, 0.717) is 16.5 Å². The van der Waals surface area contributed by atoms with Crippen molar-refractivity contribution in [2.45, 2.75) is 22.8 Å². The van der Waals surface area contributed by atoms with Crippen LogP contribution >= 0.6 is 34.7 Å². The van der Waals surface area contributed by atoms with Gasteiger partial charge in [0.15, 0.2) is 10.0 Å². The Bertz CT molecular complexity index is 885. The molecule has 1 amide bonds. The maximum atomic E-state index is 12.3. The number of rotatable bonds is 8. The summed E-state index contributed by atoms with van der Waals surface area (Å²) in [4.78, 5) is 19.8. The molecule has 2 heterocycles. The highest BCUT2D eigenvalue weighted by atomic mass is 35.5. The lowest BCUT2D eigenvalue weighted by atomic mass is 10.4. The third-order valence-corrected chi connectivity index (χ3v) is 6.58. The minimum absolute atomic E-state index is 0.0567. The lowest BCUT2D eigenvalue weighted by Gasteiger charge is -2.05. The maximum absolute atomic E-state index is 12.3. The molecule has 0 spiro atoms. The van der Waals surface area contributed by atoms with Gasteiger partial charge >= 0.3 is 0 Å². The van der Waals surface area contributed by atoms with Gasteiger partial charge in [0.1, 0.15) is 0 Å². The first-order valence-corrected chi connectivity index (χ1v) is 10.8. The number of carbonyl (C=O) groups excluding carboxylic acids is 1. The van der Waals surface area contributed by atoms with Gasteiger partial charge in [-0.15, -0.1) is 16.8 Å². The molecule has 0 aliphatic carbocycles. The molecule has 0 unspecified atom stereocenters. The number of carbonyl (C=O) groups is 1. The first kappa shape index (κ1) is 19.8. The van der Waals surface area contributed by atoms with Crippen molar-refractivity contribution in [2.75, 3.05) is 16.8 Å². The number of sulfone groups is 1. The van der Waals surface area contributed by atoms with Gasteiger partial charge in [0.25, 0.3) is 5.91 Å². The highest BCUT2D eigenvalue weighted by Crippen LogP contribution is 2.26. The summed E-state index contributed by atoms with van der Waals surface area (Å²) < 4.78 is 24.8. The van der Waals surface area contributed by atoms with Gasteiger partial charge in [-0.3, -0.25) is 10.1 Å². The molecule has 134 valence electrons.